The van der Waals surface area contributed by atoms with Crippen LogP contribution in [-0.2, 0) is 0 Å². The van der Waals surface area contributed by atoms with Crippen LogP contribution < -0.4 is 5.32 Å². The van der Waals surface area contributed by atoms with Gasteiger partial charge in [-0.25, -0.2) is 8.78 Å². The zero-order chi connectivity index (χ0) is 14.9. The molecule has 0 radical (unpaired) electrons. The Morgan fingerprint density at radius 3 is 2.20 bits per heavy atom. The van der Waals surface area contributed by atoms with Gasteiger partial charge in [0.25, 0.3) is 5.91 Å². The van der Waals surface area contributed by atoms with Gasteiger partial charge in [0.05, 0.1) is 5.56 Å². The minimum absolute atomic E-state index is 0.0880. The first kappa shape index (κ1) is 14.9. The predicted octanol–water partition coefficient (Wildman–Crippen LogP) is 4.45. The molecular weight excluding hydrogens is 400 g/mol. The molecule has 3 nitrogen and oxygen atoms in total. The van der Waals surface area contributed by atoms with E-state index in [4.69, 9.17) is 0 Å². The number of carbonyl (C=O) groups is 1. The second kappa shape index (κ2) is 5.88. The largest absolute Gasteiger partial charge is 0.507 e. The summed E-state index contributed by atoms with van der Waals surface area (Å²) in [6, 6.07) is 6.23. The summed E-state index contributed by atoms with van der Waals surface area (Å²) in [6.45, 7) is 0. The third-order valence-electron chi connectivity index (χ3n) is 2.45. The van der Waals surface area contributed by atoms with Gasteiger partial charge in [-0.15, -0.1) is 0 Å². The molecular formula is C13H7Br2F2NO2. The van der Waals surface area contributed by atoms with Crippen molar-refractivity contribution < 1.29 is 18.7 Å². The number of hydrogen-bond acceptors (Lipinski definition) is 2. The SMILES string of the molecule is O=C(Nc1c(F)cc(Br)cc1F)c1ccc(Br)cc1O. The first-order valence-corrected chi connectivity index (χ1v) is 6.91. The molecule has 20 heavy (non-hydrogen) atoms. The lowest BCUT2D eigenvalue weighted by atomic mass is 10.2. The lowest BCUT2D eigenvalue weighted by Crippen LogP contribution is -2.14. The minimum Gasteiger partial charge on any atom is -0.507 e. The van der Waals surface area contributed by atoms with Crippen molar-refractivity contribution in [3.05, 3.63) is 56.5 Å². The second-order valence-corrected chi connectivity index (χ2v) is 5.69. The number of nitrogens with one attached hydrogen (secondary N) is 1. The summed E-state index contributed by atoms with van der Waals surface area (Å²) in [4.78, 5) is 11.9. The van der Waals surface area contributed by atoms with Gasteiger partial charge in [-0.05, 0) is 30.3 Å². The van der Waals surface area contributed by atoms with Crippen LogP contribution in [0.4, 0.5) is 14.5 Å². The van der Waals surface area contributed by atoms with Crippen LogP contribution in [0.2, 0.25) is 0 Å². The number of phenols is 1. The average Bonchev–Trinajstić information content (AvgIpc) is 2.33. The molecule has 0 heterocycles. The number of aromatic hydroxyl groups is 1. The molecule has 0 saturated heterocycles. The molecule has 2 aromatic carbocycles. The summed E-state index contributed by atoms with van der Waals surface area (Å²) >= 11 is 6.07. The molecule has 0 aliphatic carbocycles. The minimum atomic E-state index is -0.915. The molecule has 0 aliphatic heterocycles. The molecule has 7 heteroatoms. The van der Waals surface area contributed by atoms with Gasteiger partial charge >= 0.3 is 0 Å². The molecule has 0 aliphatic rings. The number of carbonyl (C=O) groups excluding carboxylic acids is 1. The third kappa shape index (κ3) is 3.16. The van der Waals surface area contributed by atoms with E-state index in [2.05, 4.69) is 37.2 Å². The van der Waals surface area contributed by atoms with E-state index < -0.39 is 23.2 Å². The molecule has 0 fully saturated rings. The quantitative estimate of drug-likeness (QED) is 0.774. The van der Waals surface area contributed by atoms with Gasteiger partial charge in [-0.3, -0.25) is 4.79 Å². The Morgan fingerprint density at radius 1 is 1.05 bits per heavy atom. The molecule has 0 bridgehead atoms. The van der Waals surface area contributed by atoms with Crippen molar-refractivity contribution >= 4 is 43.5 Å². The van der Waals surface area contributed by atoms with Crippen LogP contribution in [0.15, 0.2) is 39.3 Å². The summed E-state index contributed by atoms with van der Waals surface area (Å²) in [5.74, 6) is -2.94. The van der Waals surface area contributed by atoms with Crippen LogP contribution in [0.3, 0.4) is 0 Å². The maximum atomic E-state index is 13.6. The van der Waals surface area contributed by atoms with Crippen LogP contribution in [-0.4, -0.2) is 11.0 Å². The molecule has 104 valence electrons. The molecule has 2 rings (SSSR count). The first-order chi connectivity index (χ1) is 9.38. The summed E-state index contributed by atoms with van der Waals surface area (Å²) in [7, 11) is 0. The van der Waals surface area contributed by atoms with Crippen LogP contribution in [0.25, 0.3) is 0 Å². The predicted molar refractivity (Wildman–Crippen MR) is 77.8 cm³/mol. The Hall–Kier alpha value is -1.47. The van der Waals surface area contributed by atoms with Gasteiger partial charge in [0.1, 0.15) is 11.4 Å². The molecule has 0 atom stereocenters. The first-order valence-electron chi connectivity index (χ1n) is 5.33. The summed E-state index contributed by atoms with van der Waals surface area (Å²) in [6.07, 6.45) is 0. The van der Waals surface area contributed by atoms with Crippen molar-refractivity contribution in [3.63, 3.8) is 0 Å². The molecule has 2 aromatic rings. The van der Waals surface area contributed by atoms with E-state index in [1.807, 2.05) is 0 Å². The van der Waals surface area contributed by atoms with Gasteiger partial charge in [0.15, 0.2) is 11.6 Å². The highest BCUT2D eigenvalue weighted by Gasteiger charge is 2.17. The van der Waals surface area contributed by atoms with Crippen molar-refractivity contribution in [2.75, 3.05) is 5.32 Å². The fourth-order valence-electron chi connectivity index (χ4n) is 1.54. The highest BCUT2D eigenvalue weighted by atomic mass is 79.9. The highest BCUT2D eigenvalue weighted by Crippen LogP contribution is 2.26. The van der Waals surface area contributed by atoms with Gasteiger partial charge in [0.2, 0.25) is 0 Å². The maximum Gasteiger partial charge on any atom is 0.259 e. The molecule has 0 spiro atoms. The van der Waals surface area contributed by atoms with E-state index in [0.29, 0.717) is 4.47 Å². The Morgan fingerprint density at radius 2 is 1.65 bits per heavy atom. The number of anilines is 1. The summed E-state index contributed by atoms with van der Waals surface area (Å²) in [5, 5.41) is 11.7. The summed E-state index contributed by atoms with van der Waals surface area (Å²) < 4.78 is 28.0. The molecule has 2 N–H and O–H groups in total. The zero-order valence-electron chi connectivity index (χ0n) is 9.75. The lowest BCUT2D eigenvalue weighted by molar-refractivity contribution is 0.102. The van der Waals surface area contributed by atoms with Crippen molar-refractivity contribution in [1.29, 1.82) is 0 Å². The van der Waals surface area contributed by atoms with Crippen LogP contribution in [0.1, 0.15) is 10.4 Å². The molecule has 0 aromatic heterocycles. The molecule has 0 unspecified atom stereocenters. The Balaban J connectivity index is 2.33. The fourth-order valence-corrected chi connectivity index (χ4v) is 2.29. The van der Waals surface area contributed by atoms with Gasteiger partial charge in [-0.2, -0.15) is 0 Å². The number of phenolic OH excluding ortho intramolecular Hbond substituents is 1. The second-order valence-electron chi connectivity index (χ2n) is 3.86. The monoisotopic (exact) mass is 405 g/mol. The molecule has 0 saturated carbocycles. The van der Waals surface area contributed by atoms with Gasteiger partial charge in [0, 0.05) is 8.95 Å². The van der Waals surface area contributed by atoms with Crippen LogP contribution in [0.5, 0.6) is 5.75 Å². The number of halogens is 4. The van der Waals surface area contributed by atoms with E-state index >= 15 is 0 Å². The maximum absolute atomic E-state index is 13.6. The standard InChI is InChI=1S/C13H7Br2F2NO2/c14-6-1-2-8(11(19)5-6)13(20)18-12-9(16)3-7(15)4-10(12)17/h1-5,19H,(H,18,20). The van der Waals surface area contributed by atoms with E-state index in [1.54, 1.807) is 0 Å². The van der Waals surface area contributed by atoms with Crippen molar-refractivity contribution in [2.24, 2.45) is 0 Å². The van der Waals surface area contributed by atoms with Crippen molar-refractivity contribution in [3.8, 4) is 5.75 Å². The Labute approximate surface area is 129 Å². The molecule has 1 amide bonds. The summed E-state index contributed by atoms with van der Waals surface area (Å²) in [5.41, 5.74) is -0.657. The van der Waals surface area contributed by atoms with Crippen LogP contribution in [0, 0.1) is 11.6 Å². The fraction of sp³-hybridized carbons (Fsp3) is 0. The lowest BCUT2D eigenvalue weighted by Gasteiger charge is -2.09. The van der Waals surface area contributed by atoms with E-state index in [0.717, 1.165) is 12.1 Å². The van der Waals surface area contributed by atoms with E-state index in [1.165, 1.54) is 18.2 Å². The number of rotatable bonds is 2. The smallest absolute Gasteiger partial charge is 0.259 e. The Kier molecular flexibility index (Phi) is 4.39. The van der Waals surface area contributed by atoms with E-state index in [-0.39, 0.29) is 15.8 Å². The van der Waals surface area contributed by atoms with Gasteiger partial charge in [-0.1, -0.05) is 31.9 Å². The van der Waals surface area contributed by atoms with Crippen molar-refractivity contribution in [1.82, 2.24) is 0 Å². The Bertz CT molecular complexity index is 669. The number of benzene rings is 2. The normalized spacial score (nSPS) is 10.4. The zero-order valence-corrected chi connectivity index (χ0v) is 12.9. The van der Waals surface area contributed by atoms with Crippen molar-refractivity contribution in [2.45, 2.75) is 0 Å². The third-order valence-corrected chi connectivity index (χ3v) is 3.40. The van der Waals surface area contributed by atoms with E-state index in [9.17, 15) is 18.7 Å². The highest BCUT2D eigenvalue weighted by molar-refractivity contribution is 9.10. The number of hydrogen-bond donors (Lipinski definition) is 2. The van der Waals surface area contributed by atoms with Crippen LogP contribution >= 0.6 is 31.9 Å². The topological polar surface area (TPSA) is 49.3 Å². The average molecular weight is 407 g/mol. The van der Waals surface area contributed by atoms with Gasteiger partial charge < -0.3 is 10.4 Å². The number of amides is 1.